The summed E-state index contributed by atoms with van der Waals surface area (Å²) in [6, 6.07) is 21.8. The molecule has 2 unspecified atom stereocenters. The first-order valence-corrected chi connectivity index (χ1v) is 18.1. The summed E-state index contributed by atoms with van der Waals surface area (Å²) in [6.45, 7) is 12.4. The maximum Gasteiger partial charge on any atom is 0.410 e. The Morgan fingerprint density at radius 2 is 1.65 bits per heavy atom. The molecule has 5 rings (SSSR count). The molecule has 3 aromatic rings. The molecule has 278 valence electrons. The molecule has 3 amide bonds. The number of anilines is 1. The van der Waals surface area contributed by atoms with Gasteiger partial charge in [0.15, 0.2) is 0 Å². The van der Waals surface area contributed by atoms with E-state index in [1.807, 2.05) is 62.9 Å². The molecule has 10 nitrogen and oxygen atoms in total. The fraction of sp³-hybridized carbons (Fsp3) is 0.463. The maximum atomic E-state index is 14.1. The van der Waals surface area contributed by atoms with Crippen LogP contribution in [0, 0.1) is 5.82 Å². The smallest absolute Gasteiger partial charge is 0.410 e. The standard InChI is InChI=1S/C41H51FN4O6/c1-29-25-44(20-21-45(29)39(50)52-40(2,3)4)26-37(48)46-28-41(5,34-17-14-32(23-35(34)46)22-30-12-15-33(42)16-13-30)18-9-19-43-36(47)24-38(49)51-27-31-10-7-6-8-11-31/h6-8,10-17,23,29H,9,18-22,24-28H2,1-5H3,(H,43,47). The first-order valence-electron chi connectivity index (χ1n) is 18.1. The summed E-state index contributed by atoms with van der Waals surface area (Å²) in [4.78, 5) is 57.2. The highest BCUT2D eigenvalue weighted by molar-refractivity contribution is 5.98. The average Bonchev–Trinajstić information content (AvgIpc) is 3.38. The molecule has 0 saturated carbocycles. The van der Waals surface area contributed by atoms with E-state index in [1.165, 1.54) is 12.1 Å². The van der Waals surface area contributed by atoms with Gasteiger partial charge in [0.05, 0.1) is 6.54 Å². The number of nitrogens with zero attached hydrogens (tertiary/aromatic N) is 3. The number of hydrogen-bond acceptors (Lipinski definition) is 7. The average molecular weight is 715 g/mol. The highest BCUT2D eigenvalue weighted by atomic mass is 19.1. The molecule has 0 aromatic heterocycles. The van der Waals surface area contributed by atoms with Crippen molar-refractivity contribution in [3.05, 3.63) is 101 Å². The number of carbonyl (C=O) groups excluding carboxylic acids is 4. The summed E-state index contributed by atoms with van der Waals surface area (Å²) in [5.41, 5.74) is 3.79. The molecule has 3 aromatic carbocycles. The van der Waals surface area contributed by atoms with Gasteiger partial charge >= 0.3 is 12.1 Å². The van der Waals surface area contributed by atoms with Crippen molar-refractivity contribution in [1.29, 1.82) is 0 Å². The number of halogens is 1. The van der Waals surface area contributed by atoms with E-state index >= 15 is 0 Å². The van der Waals surface area contributed by atoms with E-state index in [0.29, 0.717) is 52.0 Å². The van der Waals surface area contributed by atoms with Gasteiger partial charge in [-0.3, -0.25) is 19.3 Å². The predicted molar refractivity (Wildman–Crippen MR) is 197 cm³/mol. The fourth-order valence-corrected chi connectivity index (χ4v) is 6.95. The quantitative estimate of drug-likeness (QED) is 0.140. The summed E-state index contributed by atoms with van der Waals surface area (Å²) in [5.74, 6) is -1.28. The lowest BCUT2D eigenvalue weighted by molar-refractivity contribution is -0.147. The van der Waals surface area contributed by atoms with Gasteiger partial charge in [0.1, 0.15) is 24.4 Å². The van der Waals surface area contributed by atoms with E-state index in [1.54, 1.807) is 17.0 Å². The van der Waals surface area contributed by atoms with Crippen molar-refractivity contribution in [2.45, 2.75) is 84.0 Å². The Bertz CT molecular complexity index is 1730. The van der Waals surface area contributed by atoms with Gasteiger partial charge in [0, 0.05) is 49.9 Å². The minimum absolute atomic E-state index is 0.0239. The lowest BCUT2D eigenvalue weighted by atomic mass is 9.80. The zero-order valence-corrected chi connectivity index (χ0v) is 31.0. The molecule has 2 aliphatic heterocycles. The number of esters is 1. The first-order chi connectivity index (χ1) is 24.7. The monoisotopic (exact) mass is 714 g/mol. The van der Waals surface area contributed by atoms with Crippen LogP contribution < -0.4 is 10.2 Å². The largest absolute Gasteiger partial charge is 0.460 e. The number of benzene rings is 3. The number of nitrogens with one attached hydrogen (secondary N) is 1. The van der Waals surface area contributed by atoms with Crippen molar-refractivity contribution in [2.24, 2.45) is 0 Å². The van der Waals surface area contributed by atoms with Crippen molar-refractivity contribution < 1.29 is 33.0 Å². The molecule has 1 N–H and O–H groups in total. The summed E-state index contributed by atoms with van der Waals surface area (Å²) in [5, 5.41) is 2.84. The molecule has 0 aliphatic carbocycles. The van der Waals surface area contributed by atoms with Crippen molar-refractivity contribution in [1.82, 2.24) is 15.1 Å². The third kappa shape index (κ3) is 10.4. The van der Waals surface area contributed by atoms with Gasteiger partial charge < -0.3 is 24.6 Å². The topological polar surface area (TPSA) is 108 Å². The number of fused-ring (bicyclic) bond motifs is 1. The molecule has 2 heterocycles. The third-order valence-corrected chi connectivity index (χ3v) is 9.61. The van der Waals surface area contributed by atoms with Crippen molar-refractivity contribution in [3.8, 4) is 0 Å². The number of hydrogen-bond donors (Lipinski definition) is 1. The summed E-state index contributed by atoms with van der Waals surface area (Å²) in [7, 11) is 0. The van der Waals surface area contributed by atoms with Gasteiger partial charge in [-0.15, -0.1) is 0 Å². The molecule has 0 spiro atoms. The second-order valence-corrected chi connectivity index (χ2v) is 15.2. The van der Waals surface area contributed by atoms with Crippen LogP contribution in [0.5, 0.6) is 0 Å². The van der Waals surface area contributed by atoms with Gasteiger partial charge in [-0.1, -0.05) is 61.5 Å². The first kappa shape index (κ1) is 38.5. The van der Waals surface area contributed by atoms with Gasteiger partial charge in [-0.25, -0.2) is 9.18 Å². The zero-order valence-electron chi connectivity index (χ0n) is 31.0. The van der Waals surface area contributed by atoms with Crippen molar-refractivity contribution in [2.75, 3.05) is 44.2 Å². The molecule has 0 radical (unpaired) electrons. The molecule has 2 atom stereocenters. The maximum absolute atomic E-state index is 14.1. The molecule has 0 bridgehead atoms. The molecule has 1 saturated heterocycles. The Balaban J connectivity index is 1.21. The van der Waals surface area contributed by atoms with Gasteiger partial charge in [-0.2, -0.15) is 0 Å². The van der Waals surface area contributed by atoms with Crippen LogP contribution in [0.3, 0.4) is 0 Å². The molecule has 11 heteroatoms. The minimum Gasteiger partial charge on any atom is -0.460 e. The number of piperazine rings is 1. The Morgan fingerprint density at radius 1 is 0.942 bits per heavy atom. The van der Waals surface area contributed by atoms with Crippen LogP contribution in [0.25, 0.3) is 0 Å². The minimum atomic E-state index is -0.586. The van der Waals surface area contributed by atoms with Crippen molar-refractivity contribution in [3.63, 3.8) is 0 Å². The lowest BCUT2D eigenvalue weighted by Crippen LogP contribution is -2.56. The van der Waals surface area contributed by atoms with Gasteiger partial charge in [0.25, 0.3) is 0 Å². The molecular formula is C41H51FN4O6. The van der Waals surface area contributed by atoms with Crippen molar-refractivity contribution >= 4 is 29.6 Å². The second-order valence-electron chi connectivity index (χ2n) is 15.2. The number of carbonyl (C=O) groups is 4. The van der Waals surface area contributed by atoms with E-state index in [0.717, 1.165) is 27.9 Å². The van der Waals surface area contributed by atoms with E-state index in [-0.39, 0.29) is 48.8 Å². The van der Waals surface area contributed by atoms with Crippen LogP contribution in [0.2, 0.25) is 0 Å². The van der Waals surface area contributed by atoms with E-state index in [9.17, 15) is 23.6 Å². The van der Waals surface area contributed by atoms with Crippen LogP contribution in [-0.4, -0.2) is 84.6 Å². The Kier molecular flexibility index (Phi) is 12.4. The van der Waals surface area contributed by atoms with E-state index in [2.05, 4.69) is 35.3 Å². The third-order valence-electron chi connectivity index (χ3n) is 9.61. The normalized spacial score (nSPS) is 18.8. The Hall–Kier alpha value is -4.77. The Labute approximate surface area is 306 Å². The molecule has 2 aliphatic rings. The highest BCUT2D eigenvalue weighted by Gasteiger charge is 2.42. The highest BCUT2D eigenvalue weighted by Crippen LogP contribution is 2.44. The van der Waals surface area contributed by atoms with E-state index in [4.69, 9.17) is 9.47 Å². The molecule has 52 heavy (non-hydrogen) atoms. The summed E-state index contributed by atoms with van der Waals surface area (Å²) < 4.78 is 24.4. The second kappa shape index (κ2) is 16.7. The van der Waals surface area contributed by atoms with E-state index < -0.39 is 17.5 Å². The lowest BCUT2D eigenvalue weighted by Gasteiger charge is -2.40. The zero-order chi connectivity index (χ0) is 37.5. The fourth-order valence-electron chi connectivity index (χ4n) is 6.95. The van der Waals surface area contributed by atoms with Gasteiger partial charge in [-0.05, 0) is 87.4 Å². The van der Waals surface area contributed by atoms with Crippen LogP contribution in [0.15, 0.2) is 72.8 Å². The number of amides is 3. The summed E-state index contributed by atoms with van der Waals surface area (Å²) >= 11 is 0. The molecule has 1 fully saturated rings. The van der Waals surface area contributed by atoms with Crippen LogP contribution >= 0.6 is 0 Å². The number of ether oxygens (including phenoxy) is 2. The SMILES string of the molecule is CC1CN(CC(=O)N2CC(C)(CCCNC(=O)CC(=O)OCc3ccccc3)c3ccc(Cc4ccc(F)cc4)cc32)CCN1C(=O)OC(C)(C)C. The number of rotatable bonds is 12. The van der Waals surface area contributed by atoms with Crippen LogP contribution in [-0.2, 0) is 42.3 Å². The summed E-state index contributed by atoms with van der Waals surface area (Å²) in [6.07, 6.45) is 1.24. The van der Waals surface area contributed by atoms with Gasteiger partial charge in [0.2, 0.25) is 11.8 Å². The van der Waals surface area contributed by atoms with Crippen LogP contribution in [0.1, 0.15) is 76.1 Å². The Morgan fingerprint density at radius 3 is 2.35 bits per heavy atom. The van der Waals surface area contributed by atoms with Crippen LogP contribution in [0.4, 0.5) is 14.9 Å². The predicted octanol–water partition coefficient (Wildman–Crippen LogP) is 5.99. The molecular weight excluding hydrogens is 663 g/mol.